The van der Waals surface area contributed by atoms with Gasteiger partial charge in [0.25, 0.3) is 0 Å². The van der Waals surface area contributed by atoms with Crippen LogP contribution < -0.4 is 5.32 Å². The summed E-state index contributed by atoms with van der Waals surface area (Å²) < 4.78 is 0. The summed E-state index contributed by atoms with van der Waals surface area (Å²) in [5, 5.41) is 14.4. The minimum absolute atomic E-state index is 0.151. The van der Waals surface area contributed by atoms with Crippen LogP contribution in [0.4, 0.5) is 0 Å². The second-order valence-electron chi connectivity index (χ2n) is 4.85. The van der Waals surface area contributed by atoms with Gasteiger partial charge in [-0.25, -0.2) is 4.98 Å². The molecule has 19 heavy (non-hydrogen) atoms. The number of nitrogens with zero attached hydrogens (tertiary/aromatic N) is 1. The normalized spacial score (nSPS) is 14.3. The molecule has 5 heteroatoms. The predicted octanol–water partition coefficient (Wildman–Crippen LogP) is 3.36. The summed E-state index contributed by atoms with van der Waals surface area (Å²) in [6, 6.07) is 3.71. The third kappa shape index (κ3) is 6.13. The van der Waals surface area contributed by atoms with Crippen molar-refractivity contribution in [2.24, 2.45) is 0 Å². The molecular weight excluding hydrogens is 280 g/mol. The van der Waals surface area contributed by atoms with Crippen molar-refractivity contribution in [3.8, 4) is 0 Å². The highest BCUT2D eigenvalue weighted by Gasteiger charge is 2.20. The monoisotopic (exact) mass is 302 g/mol. The van der Waals surface area contributed by atoms with E-state index >= 15 is 0 Å². The number of unbranched alkanes of at least 4 members (excludes halogenated alkanes) is 1. The maximum atomic E-state index is 9.39. The maximum absolute atomic E-state index is 9.39. The molecule has 0 amide bonds. The number of likely N-dealkylation sites (N-methyl/N-ethyl adjacent to an activating group) is 1. The number of aliphatic hydroxyl groups is 1. The van der Waals surface area contributed by atoms with Gasteiger partial charge in [-0.1, -0.05) is 24.9 Å². The smallest absolute Gasteiger partial charge is 0.115 e. The molecule has 0 aromatic carbocycles. The molecule has 1 heterocycles. The van der Waals surface area contributed by atoms with Gasteiger partial charge in [0.05, 0.1) is 11.6 Å². The Kier molecular flexibility index (Phi) is 7.76. The Balaban J connectivity index is 2.23. The highest BCUT2D eigenvalue weighted by Crippen LogP contribution is 2.25. The summed E-state index contributed by atoms with van der Waals surface area (Å²) in [6.07, 6.45) is 4.93. The Labute approximate surface area is 125 Å². The van der Waals surface area contributed by atoms with Crippen LogP contribution in [0.2, 0.25) is 5.02 Å². The molecular formula is C14H23ClN2OS. The molecule has 108 valence electrons. The van der Waals surface area contributed by atoms with Crippen LogP contribution in [0.3, 0.4) is 0 Å². The van der Waals surface area contributed by atoms with Gasteiger partial charge in [-0.3, -0.25) is 0 Å². The van der Waals surface area contributed by atoms with E-state index in [2.05, 4.69) is 24.1 Å². The third-order valence-corrected chi connectivity index (χ3v) is 4.55. The summed E-state index contributed by atoms with van der Waals surface area (Å²) in [5.74, 6) is 1.00. The fourth-order valence-electron chi connectivity index (χ4n) is 1.91. The molecule has 0 radical (unpaired) electrons. The van der Waals surface area contributed by atoms with Gasteiger partial charge >= 0.3 is 0 Å². The van der Waals surface area contributed by atoms with Crippen LogP contribution in [0.15, 0.2) is 23.4 Å². The number of halogens is 1. The quantitative estimate of drug-likeness (QED) is 0.542. The van der Waals surface area contributed by atoms with E-state index in [1.165, 1.54) is 0 Å². The fraction of sp³-hybridized carbons (Fsp3) is 0.643. The molecule has 0 aliphatic rings. The second kappa shape index (κ2) is 8.80. The third-order valence-electron chi connectivity index (χ3n) is 3.04. The Morgan fingerprint density at radius 2 is 2.26 bits per heavy atom. The van der Waals surface area contributed by atoms with Gasteiger partial charge in [0, 0.05) is 11.7 Å². The van der Waals surface area contributed by atoms with Crippen molar-refractivity contribution in [1.29, 1.82) is 0 Å². The molecule has 0 fully saturated rings. The van der Waals surface area contributed by atoms with E-state index < -0.39 is 0 Å². The van der Waals surface area contributed by atoms with Gasteiger partial charge in [0.15, 0.2) is 0 Å². The lowest BCUT2D eigenvalue weighted by molar-refractivity contribution is 0.165. The lowest BCUT2D eigenvalue weighted by Gasteiger charge is -2.28. The van der Waals surface area contributed by atoms with E-state index in [9.17, 15) is 5.11 Å². The highest BCUT2D eigenvalue weighted by molar-refractivity contribution is 7.99. The molecule has 0 saturated heterocycles. The number of hydrogen-bond donors (Lipinski definition) is 2. The van der Waals surface area contributed by atoms with E-state index in [1.54, 1.807) is 18.0 Å². The van der Waals surface area contributed by atoms with E-state index in [0.717, 1.165) is 41.6 Å². The summed E-state index contributed by atoms with van der Waals surface area (Å²) >= 11 is 7.74. The first kappa shape index (κ1) is 16.8. The van der Waals surface area contributed by atoms with Crippen molar-refractivity contribution < 1.29 is 5.11 Å². The van der Waals surface area contributed by atoms with Crippen molar-refractivity contribution >= 4 is 23.4 Å². The molecule has 0 saturated carbocycles. The van der Waals surface area contributed by atoms with Crippen molar-refractivity contribution in [1.82, 2.24) is 10.3 Å². The van der Waals surface area contributed by atoms with Crippen molar-refractivity contribution in [2.75, 3.05) is 18.9 Å². The van der Waals surface area contributed by atoms with E-state index in [4.69, 9.17) is 11.6 Å². The van der Waals surface area contributed by atoms with E-state index in [0.29, 0.717) is 0 Å². The number of nitrogens with one attached hydrogen (secondary N) is 1. The van der Waals surface area contributed by atoms with E-state index in [-0.39, 0.29) is 12.1 Å². The zero-order chi connectivity index (χ0) is 14.1. The standard InChI is InChI=1S/C14H23ClN2OS/c1-3-17-14(2,11-18)8-4-5-10-19-13-12(15)7-6-9-16-13/h6-7,9,17-18H,3-5,8,10-11H2,1-2H3. The molecule has 0 bridgehead atoms. The number of aromatic nitrogens is 1. The van der Waals surface area contributed by atoms with Crippen molar-refractivity contribution in [3.63, 3.8) is 0 Å². The van der Waals surface area contributed by atoms with Gasteiger partial charge < -0.3 is 10.4 Å². The molecule has 0 aliphatic carbocycles. The number of pyridine rings is 1. The van der Waals surface area contributed by atoms with Gasteiger partial charge in [-0.2, -0.15) is 0 Å². The average molecular weight is 303 g/mol. The van der Waals surface area contributed by atoms with Gasteiger partial charge in [0.2, 0.25) is 0 Å². The molecule has 1 aromatic rings. The van der Waals surface area contributed by atoms with Gasteiger partial charge in [0.1, 0.15) is 5.03 Å². The summed E-state index contributed by atoms with van der Waals surface area (Å²) in [5.41, 5.74) is -0.151. The van der Waals surface area contributed by atoms with Crippen LogP contribution in [-0.2, 0) is 0 Å². The topological polar surface area (TPSA) is 45.1 Å². The minimum Gasteiger partial charge on any atom is -0.394 e. The minimum atomic E-state index is -0.151. The lowest BCUT2D eigenvalue weighted by Crippen LogP contribution is -2.45. The zero-order valence-electron chi connectivity index (χ0n) is 11.7. The number of thioether (sulfide) groups is 1. The van der Waals surface area contributed by atoms with Crippen LogP contribution >= 0.6 is 23.4 Å². The molecule has 1 unspecified atom stereocenters. The van der Waals surface area contributed by atoms with Crippen LogP contribution in [0.5, 0.6) is 0 Å². The first-order chi connectivity index (χ1) is 9.11. The Bertz CT molecular complexity index is 378. The zero-order valence-corrected chi connectivity index (χ0v) is 13.2. The first-order valence-electron chi connectivity index (χ1n) is 6.70. The Hall–Kier alpha value is -0.290. The largest absolute Gasteiger partial charge is 0.394 e. The second-order valence-corrected chi connectivity index (χ2v) is 6.34. The molecule has 0 aliphatic heterocycles. The summed E-state index contributed by atoms with van der Waals surface area (Å²) in [7, 11) is 0. The lowest BCUT2D eigenvalue weighted by atomic mass is 9.96. The molecule has 1 aromatic heterocycles. The predicted molar refractivity (Wildman–Crippen MR) is 83.0 cm³/mol. The molecule has 1 rings (SSSR count). The van der Waals surface area contributed by atoms with Crippen molar-refractivity contribution in [2.45, 2.75) is 43.7 Å². The summed E-state index contributed by atoms with van der Waals surface area (Å²) in [4.78, 5) is 4.25. The average Bonchev–Trinajstić information content (AvgIpc) is 2.41. The molecule has 0 spiro atoms. The number of aliphatic hydroxyl groups excluding tert-OH is 1. The SMILES string of the molecule is CCNC(C)(CO)CCCCSc1ncccc1Cl. The van der Waals surface area contributed by atoms with Gasteiger partial charge in [-0.15, -0.1) is 11.8 Å². The van der Waals surface area contributed by atoms with Gasteiger partial charge in [-0.05, 0) is 44.2 Å². The Morgan fingerprint density at radius 1 is 1.47 bits per heavy atom. The fourth-order valence-corrected chi connectivity index (χ4v) is 3.08. The summed E-state index contributed by atoms with van der Waals surface area (Å²) in [6.45, 7) is 5.20. The van der Waals surface area contributed by atoms with E-state index in [1.807, 2.05) is 12.1 Å². The molecule has 3 nitrogen and oxygen atoms in total. The van der Waals surface area contributed by atoms with Crippen LogP contribution in [-0.4, -0.2) is 34.5 Å². The highest BCUT2D eigenvalue weighted by atomic mass is 35.5. The van der Waals surface area contributed by atoms with Crippen molar-refractivity contribution in [3.05, 3.63) is 23.4 Å². The van der Waals surface area contributed by atoms with Crippen LogP contribution in [0.1, 0.15) is 33.1 Å². The number of hydrogen-bond acceptors (Lipinski definition) is 4. The van der Waals surface area contributed by atoms with Crippen LogP contribution in [0.25, 0.3) is 0 Å². The Morgan fingerprint density at radius 3 is 2.89 bits per heavy atom. The number of rotatable bonds is 9. The first-order valence-corrected chi connectivity index (χ1v) is 8.07. The molecule has 1 atom stereocenters. The van der Waals surface area contributed by atoms with Crippen LogP contribution in [0, 0.1) is 0 Å². The molecule has 2 N–H and O–H groups in total. The maximum Gasteiger partial charge on any atom is 0.115 e.